The van der Waals surface area contributed by atoms with Gasteiger partial charge in [-0.3, -0.25) is 0 Å². The highest BCUT2D eigenvalue weighted by Gasteiger charge is 2.21. The molecule has 0 aliphatic rings. The molecule has 0 aliphatic heterocycles. The third-order valence-electron chi connectivity index (χ3n) is 3.49. The number of methoxy groups -OCH3 is 1. The van der Waals surface area contributed by atoms with Gasteiger partial charge >= 0.3 is 11.6 Å². The number of esters is 1. The second-order valence-electron chi connectivity index (χ2n) is 5.04. The highest BCUT2D eigenvalue weighted by atomic mass is 16.5. The van der Waals surface area contributed by atoms with Crippen molar-refractivity contribution in [3.63, 3.8) is 0 Å². The van der Waals surface area contributed by atoms with E-state index in [1.165, 1.54) is 12.1 Å². The lowest BCUT2D eigenvalue weighted by Gasteiger charge is -2.08. The summed E-state index contributed by atoms with van der Waals surface area (Å²) in [5, 5.41) is 10.4. The predicted molar refractivity (Wildman–Crippen MR) is 86.3 cm³/mol. The highest BCUT2D eigenvalue weighted by molar-refractivity contribution is 5.98. The van der Waals surface area contributed by atoms with Gasteiger partial charge in [-0.2, -0.15) is 0 Å². The van der Waals surface area contributed by atoms with E-state index in [0.29, 0.717) is 12.4 Å². The molecule has 0 aliphatic carbocycles. The van der Waals surface area contributed by atoms with E-state index in [4.69, 9.17) is 9.15 Å². The topological polar surface area (TPSA) is 86.0 Å². The van der Waals surface area contributed by atoms with Crippen LogP contribution in [0.25, 0.3) is 11.0 Å². The number of rotatable bonds is 4. The van der Waals surface area contributed by atoms with Gasteiger partial charge in [0.1, 0.15) is 23.7 Å². The number of aromatic hydroxyl groups is 1. The van der Waals surface area contributed by atoms with Gasteiger partial charge in [0.05, 0.1) is 12.5 Å². The molecule has 0 radical (unpaired) electrons. The Bertz CT molecular complexity index is 943. The Morgan fingerprint density at radius 2 is 1.92 bits per heavy atom. The monoisotopic (exact) mass is 326 g/mol. The zero-order valence-electron chi connectivity index (χ0n) is 12.8. The molecule has 1 aromatic heterocycles. The molecule has 6 heteroatoms. The molecule has 122 valence electrons. The van der Waals surface area contributed by atoms with E-state index >= 15 is 0 Å². The van der Waals surface area contributed by atoms with Gasteiger partial charge in [0.2, 0.25) is 0 Å². The average Bonchev–Trinajstić information content (AvgIpc) is 2.60. The summed E-state index contributed by atoms with van der Waals surface area (Å²) >= 11 is 0. The summed E-state index contributed by atoms with van der Waals surface area (Å²) < 4.78 is 15.2. The van der Waals surface area contributed by atoms with Gasteiger partial charge < -0.3 is 19.0 Å². The first-order valence-electron chi connectivity index (χ1n) is 7.15. The van der Waals surface area contributed by atoms with Crippen LogP contribution >= 0.6 is 0 Å². The molecule has 1 heterocycles. The molecule has 0 saturated carbocycles. The van der Waals surface area contributed by atoms with E-state index in [1.54, 1.807) is 6.07 Å². The Balaban J connectivity index is 1.94. The fraction of sp³-hybridized carbons (Fsp3) is 0.111. The van der Waals surface area contributed by atoms with Crippen molar-refractivity contribution in [2.45, 2.75) is 6.61 Å². The van der Waals surface area contributed by atoms with Gasteiger partial charge in [0.25, 0.3) is 0 Å². The Labute approximate surface area is 136 Å². The lowest BCUT2D eigenvalue weighted by molar-refractivity contribution is 0.0593. The minimum absolute atomic E-state index is 0.121. The summed E-state index contributed by atoms with van der Waals surface area (Å²) in [5.74, 6) is -0.949. The molecule has 0 atom stereocenters. The van der Waals surface area contributed by atoms with Crippen LogP contribution in [0.4, 0.5) is 0 Å². The van der Waals surface area contributed by atoms with Crippen molar-refractivity contribution in [2.24, 2.45) is 0 Å². The number of carbonyl (C=O) groups is 1. The molecule has 0 saturated heterocycles. The summed E-state index contributed by atoms with van der Waals surface area (Å²) in [4.78, 5) is 23.4. The minimum atomic E-state index is -0.966. The van der Waals surface area contributed by atoms with Crippen LogP contribution in [0.5, 0.6) is 11.5 Å². The molecular weight excluding hydrogens is 312 g/mol. The van der Waals surface area contributed by atoms with Crippen LogP contribution in [0.2, 0.25) is 0 Å². The fourth-order valence-corrected chi connectivity index (χ4v) is 2.28. The molecule has 0 spiro atoms. The second-order valence-corrected chi connectivity index (χ2v) is 5.04. The molecule has 0 unspecified atom stereocenters. The third-order valence-corrected chi connectivity index (χ3v) is 3.49. The van der Waals surface area contributed by atoms with Gasteiger partial charge in [-0.05, 0) is 17.7 Å². The SMILES string of the molecule is COC(=O)c1c(O)c2ccc(OCc3ccccc3)cc2oc1=O. The van der Waals surface area contributed by atoms with Crippen LogP contribution in [0, 0.1) is 0 Å². The molecule has 2 aromatic carbocycles. The molecule has 24 heavy (non-hydrogen) atoms. The van der Waals surface area contributed by atoms with Gasteiger partial charge in [-0.1, -0.05) is 30.3 Å². The summed E-state index contributed by atoms with van der Waals surface area (Å²) in [6.45, 7) is 0.350. The van der Waals surface area contributed by atoms with Gasteiger partial charge in [0, 0.05) is 6.07 Å². The van der Waals surface area contributed by atoms with Crippen molar-refractivity contribution < 1.29 is 23.8 Å². The largest absolute Gasteiger partial charge is 0.506 e. The average molecular weight is 326 g/mol. The van der Waals surface area contributed by atoms with Crippen LogP contribution in [0.1, 0.15) is 15.9 Å². The van der Waals surface area contributed by atoms with Gasteiger partial charge in [-0.25, -0.2) is 9.59 Å². The van der Waals surface area contributed by atoms with Crippen molar-refractivity contribution in [2.75, 3.05) is 7.11 Å². The van der Waals surface area contributed by atoms with E-state index in [0.717, 1.165) is 12.7 Å². The van der Waals surface area contributed by atoms with Gasteiger partial charge in [-0.15, -0.1) is 0 Å². The Hall–Kier alpha value is -3.28. The van der Waals surface area contributed by atoms with Crippen LogP contribution in [-0.2, 0) is 11.3 Å². The molecule has 0 amide bonds. The standard InChI is InChI=1S/C18H14O6/c1-22-17(20)15-16(19)13-8-7-12(9-14(13)24-18(15)21)23-10-11-5-3-2-4-6-11/h2-9,19H,10H2,1H3. The number of carbonyl (C=O) groups excluding carboxylic acids is 1. The van der Waals surface area contributed by atoms with Crippen LogP contribution in [0.15, 0.2) is 57.7 Å². The first-order chi connectivity index (χ1) is 11.6. The lowest BCUT2D eigenvalue weighted by atomic mass is 10.1. The fourth-order valence-electron chi connectivity index (χ4n) is 2.28. The molecule has 6 nitrogen and oxygen atoms in total. The first kappa shape index (κ1) is 15.6. The van der Waals surface area contributed by atoms with Crippen molar-refractivity contribution in [3.8, 4) is 11.5 Å². The second kappa shape index (κ2) is 6.45. The van der Waals surface area contributed by atoms with Crippen LogP contribution in [0.3, 0.4) is 0 Å². The zero-order valence-corrected chi connectivity index (χ0v) is 12.8. The maximum atomic E-state index is 11.9. The summed E-state index contributed by atoms with van der Waals surface area (Å²) in [6.07, 6.45) is 0. The quantitative estimate of drug-likeness (QED) is 0.586. The van der Waals surface area contributed by atoms with Gasteiger partial charge in [0.15, 0.2) is 5.56 Å². The predicted octanol–water partition coefficient (Wildman–Crippen LogP) is 2.86. The van der Waals surface area contributed by atoms with E-state index in [9.17, 15) is 14.7 Å². The smallest absolute Gasteiger partial charge is 0.354 e. The number of fused-ring (bicyclic) bond motifs is 1. The number of benzene rings is 2. The minimum Gasteiger partial charge on any atom is -0.506 e. The molecule has 3 rings (SSSR count). The lowest BCUT2D eigenvalue weighted by Crippen LogP contribution is -2.15. The number of ether oxygens (including phenoxy) is 2. The van der Waals surface area contributed by atoms with Crippen molar-refractivity contribution in [1.82, 2.24) is 0 Å². The zero-order chi connectivity index (χ0) is 17.1. The normalized spacial score (nSPS) is 10.5. The van der Waals surface area contributed by atoms with E-state index in [2.05, 4.69) is 4.74 Å². The molecule has 0 bridgehead atoms. The van der Waals surface area contributed by atoms with Crippen LogP contribution in [-0.4, -0.2) is 18.2 Å². The van der Waals surface area contributed by atoms with E-state index in [-0.39, 0.29) is 11.0 Å². The van der Waals surface area contributed by atoms with E-state index < -0.39 is 22.9 Å². The Morgan fingerprint density at radius 3 is 2.62 bits per heavy atom. The molecular formula is C18H14O6. The third kappa shape index (κ3) is 2.94. The van der Waals surface area contributed by atoms with Crippen molar-refractivity contribution >= 4 is 16.9 Å². The molecule has 3 aromatic rings. The van der Waals surface area contributed by atoms with E-state index in [1.807, 2.05) is 30.3 Å². The maximum absolute atomic E-state index is 11.9. The van der Waals surface area contributed by atoms with Crippen molar-refractivity contribution in [3.05, 3.63) is 70.1 Å². The van der Waals surface area contributed by atoms with Crippen molar-refractivity contribution in [1.29, 1.82) is 0 Å². The number of hydrogen-bond acceptors (Lipinski definition) is 6. The highest BCUT2D eigenvalue weighted by Crippen LogP contribution is 2.29. The molecule has 0 fully saturated rings. The number of hydrogen-bond donors (Lipinski definition) is 1. The maximum Gasteiger partial charge on any atom is 0.354 e. The summed E-state index contributed by atoms with van der Waals surface area (Å²) in [7, 11) is 1.12. The Morgan fingerprint density at radius 1 is 1.17 bits per heavy atom. The summed E-state index contributed by atoms with van der Waals surface area (Å²) in [5.41, 5.74) is -0.381. The first-order valence-corrected chi connectivity index (χ1v) is 7.15. The van der Waals surface area contributed by atoms with Crippen LogP contribution < -0.4 is 10.4 Å². The molecule has 1 N–H and O–H groups in total. The Kier molecular flexibility index (Phi) is 4.20. The summed E-state index contributed by atoms with van der Waals surface area (Å²) in [6, 6.07) is 14.2.